The Labute approximate surface area is 462 Å². The molecule has 0 aromatic carbocycles. The number of hydrogen-bond acceptors (Lipinski definition) is 18. The van der Waals surface area contributed by atoms with Gasteiger partial charge in [0, 0.05) is 42.6 Å². The van der Waals surface area contributed by atoms with Crippen molar-refractivity contribution in [3.05, 3.63) is 67.8 Å². The normalized spacial score (nSPS) is 10.4. The number of sulfonamides is 1. The van der Waals surface area contributed by atoms with E-state index in [4.69, 9.17) is 21.4 Å². The van der Waals surface area contributed by atoms with Gasteiger partial charge < -0.3 is 15.1 Å². The minimum absolute atomic E-state index is 0. The largest absolute Gasteiger partial charge is 0.381 e. The molecule has 0 saturated carbocycles. The lowest BCUT2D eigenvalue weighted by Gasteiger charge is -2.03. The van der Waals surface area contributed by atoms with Crippen LogP contribution in [0.1, 0.15) is 203 Å². The molecule has 3 heterocycles. The highest BCUT2D eigenvalue weighted by Crippen LogP contribution is 2.17. The number of Topliss-reactive ketones (excluding diaryl/α,β-unsaturated/α-hetero) is 1. The van der Waals surface area contributed by atoms with Crippen LogP contribution >= 0.6 is 11.3 Å². The second-order valence-corrected chi connectivity index (χ2v) is 26.9. The first-order valence-corrected chi connectivity index (χ1v) is 28.8. The highest BCUT2D eigenvalue weighted by Gasteiger charge is 2.27. The molecule has 0 bridgehead atoms. The number of nitrogens with two attached hydrogens (primary N) is 2. The molecule has 21 nitrogen and oxygen atoms in total. The van der Waals surface area contributed by atoms with Gasteiger partial charge in [-0.1, -0.05) is 110 Å². The van der Waals surface area contributed by atoms with E-state index in [-0.39, 0.29) is 53.8 Å². The van der Waals surface area contributed by atoms with Gasteiger partial charge in [0.1, 0.15) is 28.3 Å². The summed E-state index contributed by atoms with van der Waals surface area (Å²) in [6.45, 7) is 38.9. The SMILES string of the molecule is C.C.C.C.C.CC(=O)C(C)C.CC(C)S(=O)(=O)C(F)F.CC(C)S(=O)(=O)CF.CC(C)S(=O)(=O)O.CC(C)S(N)(=O)=O.CC(C)[N+](=O)[O-].CC(C)c1cc(N)no1.CC(C)c1nncs1.[C-]#[N+]c1ccc(C(C)C)cn1. The number of nitrogen functional groups attached to an aromatic ring is 1. The van der Waals surface area contributed by atoms with Crippen molar-refractivity contribution in [2.45, 2.75) is 219 Å². The average molecular weight is 1200 g/mol. The van der Waals surface area contributed by atoms with Crippen molar-refractivity contribution < 1.29 is 65.6 Å². The zero-order valence-electron chi connectivity index (χ0n) is 44.2. The van der Waals surface area contributed by atoms with E-state index in [1.165, 1.54) is 61.0 Å². The summed E-state index contributed by atoms with van der Waals surface area (Å²) in [6, 6.07) is 3.77. The third-order valence-corrected chi connectivity index (χ3v) is 14.9. The Hall–Kier alpha value is -4.21. The maximum atomic E-state index is 11.5. The topological polar surface area (TPSA) is 338 Å². The fraction of sp³-hybridized carbons (Fsp3) is 0.745. The zero-order valence-corrected chi connectivity index (χ0v) is 48.3. The fourth-order valence-electron chi connectivity index (χ4n) is 2.15. The smallest absolute Gasteiger partial charge is 0.336 e. The molecule has 0 radical (unpaired) electrons. The third-order valence-electron chi connectivity index (χ3n) is 7.80. The maximum Gasteiger partial charge on any atom is 0.336 e. The molecule has 0 unspecified atom stereocenters. The average Bonchev–Trinajstić information content (AvgIpc) is 3.95. The molecule has 0 spiro atoms. The summed E-state index contributed by atoms with van der Waals surface area (Å²) < 4.78 is 129. The number of anilines is 1. The van der Waals surface area contributed by atoms with Crippen LogP contribution in [0.2, 0.25) is 0 Å². The molecular formula is C47H99F3N8O13S5. The van der Waals surface area contributed by atoms with E-state index in [1.54, 1.807) is 55.9 Å². The highest BCUT2D eigenvalue weighted by atomic mass is 32.2. The van der Waals surface area contributed by atoms with Crippen LogP contribution in [0.15, 0.2) is 34.4 Å². The van der Waals surface area contributed by atoms with Gasteiger partial charge in [0.05, 0.1) is 21.0 Å². The first-order chi connectivity index (χ1) is 31.8. The lowest BCUT2D eigenvalue weighted by Crippen LogP contribution is -2.22. The number of sulfone groups is 2. The van der Waals surface area contributed by atoms with Crippen molar-refractivity contribution in [1.29, 1.82) is 0 Å². The number of primary sulfonamides is 1. The van der Waals surface area contributed by atoms with Crippen LogP contribution in [-0.4, -0.2) is 108 Å². The molecule has 5 N–H and O–H groups in total. The van der Waals surface area contributed by atoms with Crippen LogP contribution in [0.25, 0.3) is 4.85 Å². The van der Waals surface area contributed by atoms with Crippen molar-refractivity contribution in [1.82, 2.24) is 20.3 Å². The van der Waals surface area contributed by atoms with Crippen LogP contribution in [0.4, 0.5) is 24.8 Å². The van der Waals surface area contributed by atoms with E-state index in [0.717, 1.165) is 10.8 Å². The first kappa shape index (κ1) is 97.4. The summed E-state index contributed by atoms with van der Waals surface area (Å²) >= 11 is 1.61. The Balaban J connectivity index is -0.0000000694. The molecule has 0 fully saturated rings. The molecule has 3 aromatic rings. The number of hydrogen-bond donors (Lipinski definition) is 3. The summed E-state index contributed by atoms with van der Waals surface area (Å²) in [4.78, 5) is 26.5. The lowest BCUT2D eigenvalue weighted by molar-refractivity contribution is -0.513. The van der Waals surface area contributed by atoms with E-state index < -0.39 is 78.6 Å². The number of alkyl halides is 3. The third kappa shape index (κ3) is 56.0. The van der Waals surface area contributed by atoms with Gasteiger partial charge in [-0.05, 0) is 79.9 Å². The fourth-order valence-corrected chi connectivity index (χ4v) is 3.38. The Morgan fingerprint density at radius 2 is 1.17 bits per heavy atom. The standard InChI is InChI=1S/C9H10N2.C6H10N2O.C5H8N2S.C5H10O.C4H8F2O2S.C4H9FO2S.C3H9NO2S.C3H7NO2.C3H8O3S.5CH4/c1-7(2)8-4-5-9(10-3)11-6-8;1-4(2)5-3-6(7)8-9-5;1-4(2)5-7-6-3-8-5;1-4(2)5(3)6;1-3(2)9(7,8)4(5)6;1-4(2)8(6,7)3-5;1-3(2)7(4,5)6;1-3(2)4(5)6;1-3(2)7(4,5)6;;;;;/h4-7H,1-2H3;3-4H,1-2H3,(H2,7,8);3-4H,1-2H3;4H,1-3H3;3-4H,1-2H3;4H,3H2,1-2H3;3H,1-2H3,(H2,4,5,6);3H,1-2H3;3H,1-2H3,(H,4,5,6);5*1H4. The van der Waals surface area contributed by atoms with Gasteiger partial charge in [-0.3, -0.25) is 19.5 Å². The monoisotopic (exact) mass is 1200 g/mol. The van der Waals surface area contributed by atoms with E-state index in [0.29, 0.717) is 29.4 Å². The predicted molar refractivity (Wildman–Crippen MR) is 310 cm³/mol. The van der Waals surface area contributed by atoms with Crippen molar-refractivity contribution >= 4 is 68.6 Å². The molecule has 3 rings (SSSR count). The lowest BCUT2D eigenvalue weighted by atomic mass is 10.1. The van der Waals surface area contributed by atoms with Crippen LogP contribution in [-0.2, 0) is 44.6 Å². The number of carbonyl (C=O) groups excluding carboxylic acids is 1. The van der Waals surface area contributed by atoms with Gasteiger partial charge >= 0.3 is 5.76 Å². The molecule has 0 atom stereocenters. The van der Waals surface area contributed by atoms with Gasteiger partial charge in [0.25, 0.3) is 15.9 Å². The van der Waals surface area contributed by atoms with Crippen LogP contribution in [0, 0.1) is 22.6 Å². The summed E-state index contributed by atoms with van der Waals surface area (Å²) in [6.07, 6.45) is 1.76. The number of rotatable bonds is 11. The van der Waals surface area contributed by atoms with Gasteiger partial charge in [-0.15, -0.1) is 26.5 Å². The van der Waals surface area contributed by atoms with Crippen LogP contribution < -0.4 is 10.9 Å². The van der Waals surface area contributed by atoms with Crippen molar-refractivity contribution in [2.24, 2.45) is 11.1 Å². The minimum atomic E-state index is -4.15. The van der Waals surface area contributed by atoms with Crippen molar-refractivity contribution in [3.63, 3.8) is 0 Å². The molecular weight excluding hydrogens is 1100 g/mol. The Morgan fingerprint density at radius 3 is 1.28 bits per heavy atom. The van der Waals surface area contributed by atoms with Gasteiger partial charge in [0.15, 0.2) is 21.7 Å². The quantitative estimate of drug-likeness (QED) is 0.0695. The second-order valence-electron chi connectivity index (χ2n) is 17.0. The summed E-state index contributed by atoms with van der Waals surface area (Å²) in [7, 11) is -14.5. The number of nitrogens with zero attached hydrogens (tertiary/aromatic N) is 6. The highest BCUT2D eigenvalue weighted by molar-refractivity contribution is 7.92. The Kier molecular flexibility index (Phi) is 62.9. The van der Waals surface area contributed by atoms with Crippen molar-refractivity contribution in [2.75, 3.05) is 11.7 Å². The number of ketones is 1. The molecule has 0 aliphatic rings. The molecule has 76 heavy (non-hydrogen) atoms. The van der Waals surface area contributed by atoms with E-state index in [9.17, 15) is 61.8 Å². The van der Waals surface area contributed by atoms with E-state index in [1.807, 2.05) is 33.8 Å². The number of pyridine rings is 1. The molecule has 0 aliphatic carbocycles. The number of carbonyl (C=O) groups is 1. The number of nitro groups is 1. The molecule has 456 valence electrons. The Bertz CT molecular complexity index is 2290. The molecule has 29 heteroatoms. The van der Waals surface area contributed by atoms with E-state index >= 15 is 0 Å². The summed E-state index contributed by atoms with van der Waals surface area (Å²) in [5.41, 5.74) is 8.25. The molecule has 0 aliphatic heterocycles. The van der Waals surface area contributed by atoms with Gasteiger partial charge in [-0.25, -0.2) is 34.8 Å². The minimum Gasteiger partial charge on any atom is -0.381 e. The number of aromatic nitrogens is 4. The zero-order chi connectivity index (χ0) is 58.0. The predicted octanol–water partition coefficient (Wildman–Crippen LogP) is 12.6. The molecule has 0 amide bonds. The Morgan fingerprint density at radius 1 is 0.776 bits per heavy atom. The summed E-state index contributed by atoms with van der Waals surface area (Å²) in [5.74, 6) is 0.387. The van der Waals surface area contributed by atoms with Crippen LogP contribution in [0.3, 0.4) is 0 Å². The molecule has 0 saturated heterocycles. The number of halogens is 3. The second kappa shape index (κ2) is 49.1. The van der Waals surface area contributed by atoms with Gasteiger partial charge in [0.2, 0.25) is 25.9 Å². The van der Waals surface area contributed by atoms with Crippen molar-refractivity contribution in [3.8, 4) is 0 Å². The van der Waals surface area contributed by atoms with E-state index in [2.05, 4.69) is 58.0 Å². The maximum absolute atomic E-state index is 11.5. The summed E-state index contributed by atoms with van der Waals surface area (Å²) in [5, 5.41) is 23.7. The molecule has 3 aromatic heterocycles. The van der Waals surface area contributed by atoms with Crippen LogP contribution in [0.5, 0.6) is 0 Å². The van der Waals surface area contributed by atoms with Gasteiger partial charge in [-0.2, -0.15) is 17.2 Å². The first-order valence-electron chi connectivity index (χ1n) is 21.5.